The fourth-order valence-corrected chi connectivity index (χ4v) is 17.4. The lowest BCUT2D eigenvalue weighted by Gasteiger charge is -2.12. The van der Waals surface area contributed by atoms with E-state index in [-0.39, 0.29) is 124 Å². The van der Waals surface area contributed by atoms with Crippen molar-refractivity contribution < 1.29 is 75.5 Å². The van der Waals surface area contributed by atoms with Gasteiger partial charge >= 0.3 is 23.9 Å². The summed E-state index contributed by atoms with van der Waals surface area (Å²) in [6.45, 7) is 10.0. The summed E-state index contributed by atoms with van der Waals surface area (Å²) in [6.07, 6.45) is 9.02. The fraction of sp³-hybridized carbons (Fsp3) is 0.127. The van der Waals surface area contributed by atoms with Gasteiger partial charge in [-0.3, -0.25) is 38.9 Å². The average Bonchev–Trinajstić information content (AvgIpc) is 1.60. The number of rotatable bonds is 24. The third kappa shape index (κ3) is 20.7. The van der Waals surface area contributed by atoms with E-state index in [9.17, 15) is 80.4 Å². The maximum atomic E-state index is 14.6. The zero-order valence-electron chi connectivity index (χ0n) is 78.7. The number of amides is 1. The van der Waals surface area contributed by atoms with Crippen LogP contribution in [0, 0.1) is 49.9 Å². The number of aromatic carboxylic acids is 3. The van der Waals surface area contributed by atoms with Gasteiger partial charge < -0.3 is 77.6 Å². The second-order valence-electron chi connectivity index (χ2n) is 33.0. The summed E-state index contributed by atoms with van der Waals surface area (Å²) in [5, 5.41) is 33.8. The van der Waals surface area contributed by atoms with Crippen LogP contribution in [-0.2, 0) is 37.5 Å². The number of hydrogen-bond donors (Lipinski definition) is 8. The predicted octanol–water partition coefficient (Wildman–Crippen LogP) is 19.2. The molecule has 35 heteroatoms. The summed E-state index contributed by atoms with van der Waals surface area (Å²) < 4.78 is 95.7. The molecule has 0 aliphatic carbocycles. The van der Waals surface area contributed by atoms with E-state index in [0.29, 0.717) is 130 Å². The molecule has 0 radical (unpaired) electrons. The quantitative estimate of drug-likeness (QED) is 0.0206. The van der Waals surface area contributed by atoms with E-state index < -0.39 is 52.4 Å². The van der Waals surface area contributed by atoms with Crippen LogP contribution in [0.25, 0.3) is 111 Å². The van der Waals surface area contributed by atoms with Gasteiger partial charge in [0, 0.05) is 145 Å². The Morgan fingerprint density at radius 3 is 1.00 bits per heavy atom. The molecule has 20 rings (SSSR count). The van der Waals surface area contributed by atoms with Crippen molar-refractivity contribution in [1.29, 1.82) is 0 Å². The number of carbonyl (C=O) groups is 5. The Hall–Kier alpha value is -18.8. The first kappa shape index (κ1) is 99.2. The van der Waals surface area contributed by atoms with Gasteiger partial charge in [-0.25, -0.2) is 51.1 Å². The SMILES string of the molecule is CCNC(=O)c1c(-c2ccc[nH]c2=O)c2cc(OC)ncc2n1Cc1ccccc1F.CCOC(=O)c1c(-c2ccc[nH]c2=O)c2nc(C)ccc2n1Cc1ccccc1F.COc1cc2c(-c3ccc[nH]c3=O)c(C(=O)O)n(Cc3ccccc3F)c2cn1.Cc1ccc2c(n1)c(-c1ccc[nH]c1=O)c(C(=O)O)n2Cc1ccccc1F.Cc1ccc2c(n1)c(-c1ccccc1F)c(C(=O)O)n2Cc1ccccc1. The van der Waals surface area contributed by atoms with Crippen LogP contribution in [0.15, 0.2) is 305 Å². The van der Waals surface area contributed by atoms with E-state index in [0.717, 1.165) is 17.0 Å². The summed E-state index contributed by atoms with van der Waals surface area (Å²) in [7, 11) is 2.93. The van der Waals surface area contributed by atoms with Crippen molar-refractivity contribution in [1.82, 2.24) is 73.0 Å². The number of aromatic nitrogens is 14. The maximum Gasteiger partial charge on any atom is 0.355 e. The topological polar surface area (TPSA) is 406 Å². The van der Waals surface area contributed by atoms with Gasteiger partial charge in [-0.1, -0.05) is 121 Å². The number of carbonyl (C=O) groups excluding carboxylic acids is 2. The first-order valence-corrected chi connectivity index (χ1v) is 45.3. The zero-order chi connectivity index (χ0) is 103. The lowest BCUT2D eigenvalue weighted by atomic mass is 10.0. The molecule has 0 aliphatic heterocycles. The minimum Gasteiger partial charge on any atom is -0.481 e. The molecule has 0 bridgehead atoms. The number of hydrogen-bond acceptors (Lipinski definition) is 17. The normalized spacial score (nSPS) is 11.0. The number of aromatic amines is 4. The van der Waals surface area contributed by atoms with Gasteiger partial charge in [0.25, 0.3) is 28.1 Å². The Labute approximate surface area is 820 Å². The minimum atomic E-state index is -1.24. The fourth-order valence-electron chi connectivity index (χ4n) is 17.4. The van der Waals surface area contributed by atoms with Gasteiger partial charge in [-0.15, -0.1) is 0 Å². The van der Waals surface area contributed by atoms with Crippen LogP contribution < -0.4 is 37.0 Å². The Morgan fingerprint density at radius 1 is 0.345 bits per heavy atom. The number of pyridine rings is 9. The molecule has 0 aliphatic rings. The Balaban J connectivity index is 0.000000130. The van der Waals surface area contributed by atoms with Crippen LogP contribution >= 0.6 is 0 Å². The highest BCUT2D eigenvalue weighted by molar-refractivity contribution is 6.13. The summed E-state index contributed by atoms with van der Waals surface area (Å²) >= 11 is 0. The van der Waals surface area contributed by atoms with Crippen molar-refractivity contribution in [3.63, 3.8) is 0 Å². The van der Waals surface area contributed by atoms with E-state index in [4.69, 9.17) is 14.2 Å². The third-order valence-corrected chi connectivity index (χ3v) is 23.9. The Bertz CT molecular complexity index is 8650. The van der Waals surface area contributed by atoms with Gasteiger partial charge in [0.15, 0.2) is 0 Å². The second-order valence-corrected chi connectivity index (χ2v) is 33.0. The molecule has 30 nitrogen and oxygen atoms in total. The molecular formula is C110H90F5N15O15. The van der Waals surface area contributed by atoms with E-state index in [1.807, 2.05) is 68.4 Å². The number of benzene rings is 6. The van der Waals surface area contributed by atoms with E-state index >= 15 is 0 Å². The van der Waals surface area contributed by atoms with Crippen molar-refractivity contribution in [3.8, 4) is 67.4 Å². The Kier molecular flexibility index (Phi) is 29.9. The molecule has 0 fully saturated rings. The molecule has 1 amide bonds. The van der Waals surface area contributed by atoms with E-state index in [1.54, 1.807) is 204 Å². The molecule has 6 aromatic carbocycles. The molecule has 730 valence electrons. The zero-order valence-corrected chi connectivity index (χ0v) is 78.7. The highest BCUT2D eigenvalue weighted by Crippen LogP contribution is 2.42. The molecule has 0 unspecified atom stereocenters. The van der Waals surface area contributed by atoms with Crippen LogP contribution in [0.4, 0.5) is 22.0 Å². The average molecular weight is 1960 g/mol. The van der Waals surface area contributed by atoms with Gasteiger partial charge in [0.1, 0.15) is 57.6 Å². The number of aryl methyl sites for hydroxylation is 3. The molecule has 20 aromatic rings. The van der Waals surface area contributed by atoms with Crippen molar-refractivity contribution in [2.45, 2.75) is 67.3 Å². The standard InChI is InChI=1S/C23H21FN4O3.C23H20FN3O3.C22H17FN2O2.C21H16FN3O4.C21H16FN3O3/c1-3-25-23(30)21-20(15-8-6-10-26-22(15)29)16-11-19(31-2)27-12-18(16)28(21)13-14-7-4-5-9-17(14)24;1-3-30-23(29)21-19(16-8-6-12-25-22(16)28)20-18(11-10-14(2)26-20)27(21)13-15-7-4-5-9-17(15)24;1-14-11-12-18-20(24-14)19(16-9-5-6-10-17(16)23)21(22(26)27)25(18)13-15-7-3-2-4-8-15;1-29-17-9-14-16(10-24-17)25(11-12-5-2-3-7-15(12)22)19(21(27)28)18(14)13-6-4-8-23-20(13)26;1-12-8-9-16-18(24-12)17(14-6-4-10-23-20(14)26)19(21(27)28)25(16)11-13-5-2-3-7-15(13)22/h4-12H,3,13H2,1-2H3,(H,25,30)(H,26,29);4-12H,3,13H2,1-2H3,(H,25,28);2-12H,13H2,1H3,(H,26,27);2-10H,11H2,1H3,(H,23,26)(H,27,28);2-10H,11H2,1H3,(H,23,26)(H,27,28). The van der Waals surface area contributed by atoms with Crippen LogP contribution in [-0.4, -0.2) is 140 Å². The van der Waals surface area contributed by atoms with Crippen molar-refractivity contribution in [2.75, 3.05) is 27.4 Å². The molecule has 0 spiro atoms. The summed E-state index contributed by atoms with van der Waals surface area (Å²) in [4.78, 5) is 145. The monoisotopic (exact) mass is 1960 g/mol. The summed E-state index contributed by atoms with van der Waals surface area (Å²) in [6, 6.07) is 67.9. The van der Waals surface area contributed by atoms with Gasteiger partial charge in [0.2, 0.25) is 11.8 Å². The second kappa shape index (κ2) is 43.7. The Morgan fingerprint density at radius 2 is 0.648 bits per heavy atom. The van der Waals surface area contributed by atoms with Crippen LogP contribution in [0.2, 0.25) is 0 Å². The van der Waals surface area contributed by atoms with E-state index in [1.165, 1.54) is 84.7 Å². The number of H-pyrrole nitrogens is 4. The largest absolute Gasteiger partial charge is 0.481 e. The van der Waals surface area contributed by atoms with Crippen molar-refractivity contribution in [2.24, 2.45) is 0 Å². The molecule has 14 aromatic heterocycles. The number of methoxy groups -OCH3 is 2. The smallest absolute Gasteiger partial charge is 0.355 e. The lowest BCUT2D eigenvalue weighted by molar-refractivity contribution is 0.0514. The van der Waals surface area contributed by atoms with Crippen molar-refractivity contribution in [3.05, 3.63) is 430 Å². The molecule has 0 saturated carbocycles. The minimum absolute atomic E-state index is 0.000284. The van der Waals surface area contributed by atoms with Crippen molar-refractivity contribution >= 4 is 84.7 Å². The van der Waals surface area contributed by atoms with Crippen LogP contribution in [0.3, 0.4) is 0 Å². The first-order chi connectivity index (χ1) is 70.1. The van der Waals surface area contributed by atoms with Crippen LogP contribution in [0.5, 0.6) is 11.8 Å². The first-order valence-electron chi connectivity index (χ1n) is 45.3. The molecule has 145 heavy (non-hydrogen) atoms. The summed E-state index contributed by atoms with van der Waals surface area (Å²) in [5.74, 6) is -6.04. The maximum absolute atomic E-state index is 14.6. The van der Waals surface area contributed by atoms with Gasteiger partial charge in [-0.05, 0) is 155 Å². The molecular weight excluding hydrogens is 1870 g/mol. The molecule has 0 saturated heterocycles. The van der Waals surface area contributed by atoms with Gasteiger partial charge in [0.05, 0.1) is 115 Å². The molecule has 0 atom stereocenters. The number of carboxylic acid groups (broad SMARTS) is 3. The van der Waals surface area contributed by atoms with E-state index in [2.05, 4.69) is 50.2 Å². The molecule has 14 heterocycles. The highest BCUT2D eigenvalue weighted by Gasteiger charge is 2.34. The summed E-state index contributed by atoms with van der Waals surface area (Å²) in [5.41, 5.74) is 10.4. The number of carboxylic acids is 3. The van der Waals surface area contributed by atoms with Crippen LogP contribution in [0.1, 0.15) is 111 Å². The third-order valence-electron chi connectivity index (χ3n) is 23.9. The molecule has 8 N–H and O–H groups in total. The number of nitrogens with one attached hydrogen (secondary N) is 5. The number of esters is 1. The number of nitrogens with zero attached hydrogens (tertiary/aromatic N) is 10. The highest BCUT2D eigenvalue weighted by atomic mass is 19.1. The predicted molar refractivity (Wildman–Crippen MR) is 538 cm³/mol. The number of fused-ring (bicyclic) bond motifs is 5. The van der Waals surface area contributed by atoms with Gasteiger partial charge in [-0.2, -0.15) is 0 Å². The lowest BCUT2D eigenvalue weighted by Crippen LogP contribution is -2.27. The number of halogens is 5. The number of ether oxygens (including phenoxy) is 3.